The molecule has 1 amide bonds. The van der Waals surface area contributed by atoms with Crippen molar-refractivity contribution in [2.24, 2.45) is 5.92 Å². The lowest BCUT2D eigenvalue weighted by Gasteiger charge is -2.46. The predicted octanol–water partition coefficient (Wildman–Crippen LogP) is 2.21. The molecule has 2 rings (SSSR count). The maximum Gasteiger partial charge on any atom is 0.234 e. The van der Waals surface area contributed by atoms with Gasteiger partial charge in [0.2, 0.25) is 5.91 Å². The second kappa shape index (κ2) is 6.01. The first kappa shape index (κ1) is 13.1. The highest BCUT2D eigenvalue weighted by molar-refractivity contribution is 5.78. The summed E-state index contributed by atoms with van der Waals surface area (Å²) < 4.78 is 0. The first-order valence-corrected chi connectivity index (χ1v) is 6.78. The van der Waals surface area contributed by atoms with Crippen molar-refractivity contribution in [3.63, 3.8) is 0 Å². The van der Waals surface area contributed by atoms with Crippen molar-refractivity contribution in [2.75, 3.05) is 19.6 Å². The molecule has 0 bridgehead atoms. The molecule has 0 saturated carbocycles. The Morgan fingerprint density at radius 3 is 2.72 bits per heavy atom. The van der Waals surface area contributed by atoms with Crippen LogP contribution in [0.15, 0.2) is 30.3 Å². The molecule has 2 atom stereocenters. The average molecular weight is 246 g/mol. The summed E-state index contributed by atoms with van der Waals surface area (Å²) >= 11 is 0. The zero-order valence-electron chi connectivity index (χ0n) is 11.2. The number of carbonyl (C=O) groups excluding carboxylic acids is 1. The van der Waals surface area contributed by atoms with E-state index in [2.05, 4.69) is 48.3 Å². The van der Waals surface area contributed by atoms with Crippen LogP contribution < -0.4 is 5.32 Å². The van der Waals surface area contributed by atoms with Gasteiger partial charge in [0.15, 0.2) is 0 Å². The molecule has 1 aliphatic heterocycles. The number of nitrogens with zero attached hydrogens (tertiary/aromatic N) is 1. The number of hydrogen-bond acceptors (Lipinski definition) is 2. The molecular formula is C15H22N2O. The number of benzene rings is 1. The fourth-order valence-corrected chi connectivity index (χ4v) is 2.66. The molecule has 1 fully saturated rings. The van der Waals surface area contributed by atoms with Crippen molar-refractivity contribution in [3.05, 3.63) is 35.9 Å². The second-order valence-electron chi connectivity index (χ2n) is 5.11. The zero-order chi connectivity index (χ0) is 13.0. The van der Waals surface area contributed by atoms with Crippen LogP contribution in [0.4, 0.5) is 0 Å². The Bertz CT molecular complexity index is 391. The van der Waals surface area contributed by atoms with Gasteiger partial charge in [-0.05, 0) is 17.9 Å². The maximum absolute atomic E-state index is 11.7. The number of hydrogen-bond donors (Lipinski definition) is 1. The number of carbonyl (C=O) groups is 1. The van der Waals surface area contributed by atoms with Crippen LogP contribution in [0, 0.1) is 5.92 Å². The Morgan fingerprint density at radius 1 is 1.39 bits per heavy atom. The molecule has 98 valence electrons. The summed E-state index contributed by atoms with van der Waals surface area (Å²) in [5.41, 5.74) is 1.32. The van der Waals surface area contributed by atoms with Gasteiger partial charge in [0, 0.05) is 19.1 Å². The molecule has 1 aromatic carbocycles. The predicted molar refractivity (Wildman–Crippen MR) is 73.2 cm³/mol. The number of rotatable bonds is 5. The van der Waals surface area contributed by atoms with E-state index >= 15 is 0 Å². The molecule has 1 saturated heterocycles. The molecule has 1 aliphatic rings. The smallest absolute Gasteiger partial charge is 0.234 e. The van der Waals surface area contributed by atoms with Gasteiger partial charge in [-0.15, -0.1) is 0 Å². The molecule has 18 heavy (non-hydrogen) atoms. The summed E-state index contributed by atoms with van der Waals surface area (Å²) in [7, 11) is 0. The van der Waals surface area contributed by atoms with Gasteiger partial charge in [0.25, 0.3) is 0 Å². The van der Waals surface area contributed by atoms with Crippen LogP contribution in [0.2, 0.25) is 0 Å². The molecule has 0 radical (unpaired) electrons. The van der Waals surface area contributed by atoms with E-state index in [1.165, 1.54) is 5.56 Å². The first-order chi connectivity index (χ1) is 8.72. The number of likely N-dealkylation sites (tertiary alicyclic amines) is 1. The minimum Gasteiger partial charge on any atom is -0.355 e. The van der Waals surface area contributed by atoms with Crippen LogP contribution in [0.5, 0.6) is 0 Å². The SMILES string of the molecule is CCCNC(=O)CN1C[C@H](C)[C@H]1c1ccccc1. The van der Waals surface area contributed by atoms with Crippen molar-refractivity contribution in [1.82, 2.24) is 10.2 Å². The van der Waals surface area contributed by atoms with E-state index in [9.17, 15) is 4.79 Å². The largest absolute Gasteiger partial charge is 0.355 e. The molecule has 1 heterocycles. The molecule has 0 spiro atoms. The molecule has 1 aromatic rings. The van der Waals surface area contributed by atoms with Gasteiger partial charge in [0.1, 0.15) is 0 Å². The first-order valence-electron chi connectivity index (χ1n) is 6.78. The van der Waals surface area contributed by atoms with Gasteiger partial charge in [-0.25, -0.2) is 0 Å². The van der Waals surface area contributed by atoms with E-state index in [1.807, 2.05) is 6.07 Å². The zero-order valence-corrected chi connectivity index (χ0v) is 11.2. The second-order valence-corrected chi connectivity index (χ2v) is 5.11. The number of amides is 1. The van der Waals surface area contributed by atoms with Crippen molar-refractivity contribution >= 4 is 5.91 Å². The molecule has 1 N–H and O–H groups in total. The van der Waals surface area contributed by atoms with E-state index < -0.39 is 0 Å². The average Bonchev–Trinajstić information content (AvgIpc) is 2.36. The summed E-state index contributed by atoms with van der Waals surface area (Å²) in [5.74, 6) is 0.774. The van der Waals surface area contributed by atoms with Crippen molar-refractivity contribution < 1.29 is 4.79 Å². The van der Waals surface area contributed by atoms with Gasteiger partial charge in [0.05, 0.1) is 6.54 Å². The summed E-state index contributed by atoms with van der Waals surface area (Å²) in [6, 6.07) is 10.9. The minimum atomic E-state index is 0.143. The van der Waals surface area contributed by atoms with Gasteiger partial charge >= 0.3 is 0 Å². The summed E-state index contributed by atoms with van der Waals surface area (Å²) in [6.07, 6.45) is 0.990. The lowest BCUT2D eigenvalue weighted by molar-refractivity contribution is -0.125. The molecular weight excluding hydrogens is 224 g/mol. The van der Waals surface area contributed by atoms with Crippen LogP contribution in [-0.2, 0) is 4.79 Å². The van der Waals surface area contributed by atoms with Gasteiger partial charge in [-0.2, -0.15) is 0 Å². The monoisotopic (exact) mass is 246 g/mol. The third-order valence-electron chi connectivity index (χ3n) is 3.51. The highest BCUT2D eigenvalue weighted by atomic mass is 16.2. The van der Waals surface area contributed by atoms with E-state index in [1.54, 1.807) is 0 Å². The van der Waals surface area contributed by atoms with E-state index in [4.69, 9.17) is 0 Å². The van der Waals surface area contributed by atoms with Crippen molar-refractivity contribution in [3.8, 4) is 0 Å². The summed E-state index contributed by atoms with van der Waals surface area (Å²) in [4.78, 5) is 14.0. The Kier molecular flexibility index (Phi) is 4.37. The summed E-state index contributed by atoms with van der Waals surface area (Å²) in [5, 5.41) is 2.94. The third-order valence-corrected chi connectivity index (χ3v) is 3.51. The quantitative estimate of drug-likeness (QED) is 0.864. The molecule has 0 aromatic heterocycles. The maximum atomic E-state index is 11.7. The highest BCUT2D eigenvalue weighted by Gasteiger charge is 2.37. The van der Waals surface area contributed by atoms with Crippen molar-refractivity contribution in [1.29, 1.82) is 0 Å². The van der Waals surface area contributed by atoms with Crippen LogP contribution in [0.3, 0.4) is 0 Å². The van der Waals surface area contributed by atoms with Crippen LogP contribution in [0.25, 0.3) is 0 Å². The van der Waals surface area contributed by atoms with E-state index in [0.29, 0.717) is 18.5 Å². The van der Waals surface area contributed by atoms with Gasteiger partial charge < -0.3 is 5.32 Å². The standard InChI is InChI=1S/C15H22N2O/c1-3-9-16-14(18)11-17-10-12(2)15(17)13-7-5-4-6-8-13/h4-8,12,15H,3,9-11H2,1-2H3,(H,16,18)/t12-,15-/m0/s1. The fraction of sp³-hybridized carbons (Fsp3) is 0.533. The Balaban J connectivity index is 1.92. The third kappa shape index (κ3) is 2.91. The molecule has 0 unspecified atom stereocenters. The van der Waals surface area contributed by atoms with Gasteiger partial charge in [-0.3, -0.25) is 9.69 Å². The summed E-state index contributed by atoms with van der Waals surface area (Å²) in [6.45, 7) is 6.62. The fourth-order valence-electron chi connectivity index (χ4n) is 2.66. The van der Waals surface area contributed by atoms with Crippen molar-refractivity contribution in [2.45, 2.75) is 26.3 Å². The Hall–Kier alpha value is -1.35. The highest BCUT2D eigenvalue weighted by Crippen LogP contribution is 2.37. The molecule has 3 nitrogen and oxygen atoms in total. The topological polar surface area (TPSA) is 32.3 Å². The Labute approximate surface area is 109 Å². The Morgan fingerprint density at radius 2 is 2.11 bits per heavy atom. The van der Waals surface area contributed by atoms with E-state index in [-0.39, 0.29) is 5.91 Å². The van der Waals surface area contributed by atoms with Gasteiger partial charge in [-0.1, -0.05) is 44.2 Å². The minimum absolute atomic E-state index is 0.143. The normalized spacial score (nSPS) is 23.4. The van der Waals surface area contributed by atoms with Crippen LogP contribution >= 0.6 is 0 Å². The molecule has 0 aliphatic carbocycles. The van der Waals surface area contributed by atoms with E-state index in [0.717, 1.165) is 19.5 Å². The van der Waals surface area contributed by atoms with Crippen LogP contribution in [-0.4, -0.2) is 30.4 Å². The van der Waals surface area contributed by atoms with Crippen LogP contribution in [0.1, 0.15) is 31.9 Å². The number of nitrogens with one attached hydrogen (secondary N) is 1. The lowest BCUT2D eigenvalue weighted by atomic mass is 9.85. The lowest BCUT2D eigenvalue weighted by Crippen LogP contribution is -2.52. The molecule has 3 heteroatoms.